The maximum atomic E-state index is 12.5. The standard InChI is InChI=1S/C15H20N4OS2/c1-10-5-7-19(8-6-10)14(20)11(2)22-15-16-13(17-18-15)12-4-3-9-21-12/h3-4,9-11H,5-8H2,1-2H3,(H,16,17,18). The molecule has 0 aliphatic carbocycles. The number of rotatable bonds is 4. The molecule has 2 aromatic heterocycles. The molecule has 0 radical (unpaired) electrons. The van der Waals surface area contributed by atoms with Gasteiger partial charge in [0.05, 0.1) is 10.1 Å². The molecule has 1 saturated heterocycles. The molecule has 22 heavy (non-hydrogen) atoms. The summed E-state index contributed by atoms with van der Waals surface area (Å²) >= 11 is 3.04. The van der Waals surface area contributed by atoms with E-state index in [0.29, 0.717) is 5.16 Å². The highest BCUT2D eigenvalue weighted by Gasteiger charge is 2.26. The van der Waals surface area contributed by atoms with Crippen LogP contribution in [0.3, 0.4) is 0 Å². The van der Waals surface area contributed by atoms with Crippen LogP contribution in [0.2, 0.25) is 0 Å². The molecule has 1 atom stereocenters. The van der Waals surface area contributed by atoms with Gasteiger partial charge in [-0.3, -0.25) is 9.89 Å². The van der Waals surface area contributed by atoms with Crippen molar-refractivity contribution in [1.82, 2.24) is 20.1 Å². The zero-order valence-electron chi connectivity index (χ0n) is 12.8. The number of aromatic nitrogens is 3. The van der Waals surface area contributed by atoms with Crippen molar-refractivity contribution < 1.29 is 4.79 Å². The Kier molecular flexibility index (Phi) is 4.83. The summed E-state index contributed by atoms with van der Waals surface area (Å²) in [7, 11) is 0. The molecule has 3 rings (SSSR count). The molecule has 1 fully saturated rings. The summed E-state index contributed by atoms with van der Waals surface area (Å²) in [5.41, 5.74) is 0. The number of aromatic amines is 1. The van der Waals surface area contributed by atoms with E-state index in [-0.39, 0.29) is 11.2 Å². The van der Waals surface area contributed by atoms with Crippen LogP contribution in [-0.2, 0) is 4.79 Å². The summed E-state index contributed by atoms with van der Waals surface area (Å²) < 4.78 is 0. The Labute approximate surface area is 138 Å². The lowest BCUT2D eigenvalue weighted by Crippen LogP contribution is -2.41. The lowest BCUT2D eigenvalue weighted by atomic mass is 9.99. The molecule has 1 aliphatic heterocycles. The van der Waals surface area contributed by atoms with Crippen molar-refractivity contribution in [2.75, 3.05) is 13.1 Å². The fourth-order valence-corrected chi connectivity index (χ4v) is 3.99. The van der Waals surface area contributed by atoms with Crippen molar-refractivity contribution in [3.63, 3.8) is 0 Å². The second kappa shape index (κ2) is 6.83. The van der Waals surface area contributed by atoms with E-state index in [1.807, 2.05) is 29.3 Å². The summed E-state index contributed by atoms with van der Waals surface area (Å²) in [5.74, 6) is 1.69. The molecule has 1 aliphatic rings. The highest BCUT2D eigenvalue weighted by Crippen LogP contribution is 2.27. The number of thiophene rings is 1. The van der Waals surface area contributed by atoms with E-state index in [1.165, 1.54) is 11.8 Å². The number of carbonyl (C=O) groups is 1. The van der Waals surface area contributed by atoms with Crippen LogP contribution in [0.1, 0.15) is 26.7 Å². The van der Waals surface area contributed by atoms with Crippen LogP contribution in [-0.4, -0.2) is 44.3 Å². The van der Waals surface area contributed by atoms with E-state index >= 15 is 0 Å². The third-order valence-corrected chi connectivity index (χ3v) is 5.77. The maximum Gasteiger partial charge on any atom is 0.235 e. The van der Waals surface area contributed by atoms with Crippen molar-refractivity contribution in [2.45, 2.75) is 37.1 Å². The number of carbonyl (C=O) groups excluding carboxylic acids is 1. The second-order valence-corrected chi connectivity index (χ2v) is 7.97. The summed E-state index contributed by atoms with van der Waals surface area (Å²) in [5, 5.41) is 9.65. The van der Waals surface area contributed by atoms with Gasteiger partial charge in [0.2, 0.25) is 11.1 Å². The minimum atomic E-state index is -0.152. The van der Waals surface area contributed by atoms with Crippen molar-refractivity contribution >= 4 is 29.0 Å². The van der Waals surface area contributed by atoms with Gasteiger partial charge in [0.15, 0.2) is 5.82 Å². The van der Waals surface area contributed by atoms with Gasteiger partial charge in [-0.2, -0.15) is 0 Å². The van der Waals surface area contributed by atoms with E-state index in [4.69, 9.17) is 0 Å². The molecule has 0 bridgehead atoms. The Balaban J connectivity index is 1.59. The highest BCUT2D eigenvalue weighted by atomic mass is 32.2. The fourth-order valence-electron chi connectivity index (χ4n) is 2.52. The van der Waals surface area contributed by atoms with Gasteiger partial charge >= 0.3 is 0 Å². The van der Waals surface area contributed by atoms with Crippen LogP contribution < -0.4 is 0 Å². The molecule has 5 nitrogen and oxygen atoms in total. The average molecular weight is 336 g/mol. The van der Waals surface area contributed by atoms with Gasteiger partial charge in [-0.05, 0) is 37.1 Å². The Morgan fingerprint density at radius 3 is 2.95 bits per heavy atom. The zero-order chi connectivity index (χ0) is 15.5. The van der Waals surface area contributed by atoms with E-state index in [9.17, 15) is 4.79 Å². The van der Waals surface area contributed by atoms with Gasteiger partial charge < -0.3 is 4.90 Å². The minimum Gasteiger partial charge on any atom is -0.342 e. The molecule has 1 amide bonds. The SMILES string of the molecule is CC1CCN(C(=O)C(C)Sc2n[nH]c(-c3cccs3)n2)CC1. The second-order valence-electron chi connectivity index (χ2n) is 5.71. The first-order valence-corrected chi connectivity index (χ1v) is 9.31. The van der Waals surface area contributed by atoms with Gasteiger partial charge in [0.25, 0.3) is 0 Å². The third-order valence-electron chi connectivity index (χ3n) is 3.94. The number of likely N-dealkylation sites (tertiary alicyclic amines) is 1. The summed E-state index contributed by atoms with van der Waals surface area (Å²) in [6.07, 6.45) is 2.21. The number of thioether (sulfide) groups is 1. The predicted octanol–water partition coefficient (Wildman–Crippen LogP) is 3.27. The first kappa shape index (κ1) is 15.6. The molecule has 0 saturated carbocycles. The topological polar surface area (TPSA) is 61.9 Å². The van der Waals surface area contributed by atoms with Crippen molar-refractivity contribution in [2.24, 2.45) is 5.92 Å². The Bertz CT molecular complexity index is 617. The molecule has 118 valence electrons. The van der Waals surface area contributed by atoms with Crippen LogP contribution >= 0.6 is 23.1 Å². The summed E-state index contributed by atoms with van der Waals surface area (Å²) in [6, 6.07) is 3.99. The molecule has 1 N–H and O–H groups in total. The molecule has 2 aromatic rings. The first-order chi connectivity index (χ1) is 10.6. The zero-order valence-corrected chi connectivity index (χ0v) is 14.4. The molecule has 3 heterocycles. The number of nitrogens with zero attached hydrogens (tertiary/aromatic N) is 3. The average Bonchev–Trinajstić information content (AvgIpc) is 3.18. The van der Waals surface area contributed by atoms with Gasteiger partial charge in [-0.15, -0.1) is 16.4 Å². The lowest BCUT2D eigenvalue weighted by Gasteiger charge is -2.31. The van der Waals surface area contributed by atoms with Crippen LogP contribution in [0.4, 0.5) is 0 Å². The number of piperidine rings is 1. The van der Waals surface area contributed by atoms with Gasteiger partial charge in [-0.25, -0.2) is 4.98 Å². The summed E-state index contributed by atoms with van der Waals surface area (Å²) in [6.45, 7) is 5.94. The molecular weight excluding hydrogens is 316 g/mol. The Hall–Kier alpha value is -1.34. The van der Waals surface area contributed by atoms with Crippen molar-refractivity contribution in [3.8, 4) is 10.7 Å². The largest absolute Gasteiger partial charge is 0.342 e. The third kappa shape index (κ3) is 3.52. The molecule has 1 unspecified atom stereocenters. The van der Waals surface area contributed by atoms with Crippen LogP contribution in [0.25, 0.3) is 10.7 Å². The molecular formula is C15H20N4OS2. The van der Waals surface area contributed by atoms with E-state index in [2.05, 4.69) is 22.1 Å². The predicted molar refractivity (Wildman–Crippen MR) is 90.0 cm³/mol. The Morgan fingerprint density at radius 2 is 2.27 bits per heavy atom. The van der Waals surface area contributed by atoms with Crippen LogP contribution in [0.5, 0.6) is 0 Å². The van der Waals surface area contributed by atoms with Crippen molar-refractivity contribution in [1.29, 1.82) is 0 Å². The number of hydrogen-bond donors (Lipinski definition) is 1. The van der Waals surface area contributed by atoms with Crippen LogP contribution in [0.15, 0.2) is 22.7 Å². The first-order valence-electron chi connectivity index (χ1n) is 7.55. The van der Waals surface area contributed by atoms with Crippen LogP contribution in [0, 0.1) is 5.92 Å². The Morgan fingerprint density at radius 1 is 1.50 bits per heavy atom. The number of nitrogens with one attached hydrogen (secondary N) is 1. The van der Waals surface area contributed by atoms with Crippen molar-refractivity contribution in [3.05, 3.63) is 17.5 Å². The van der Waals surface area contributed by atoms with E-state index in [0.717, 1.165) is 42.6 Å². The number of amides is 1. The van der Waals surface area contributed by atoms with Gasteiger partial charge in [0.1, 0.15) is 0 Å². The molecule has 7 heteroatoms. The normalized spacial score (nSPS) is 17.6. The van der Waals surface area contributed by atoms with E-state index in [1.54, 1.807) is 11.3 Å². The smallest absolute Gasteiger partial charge is 0.235 e. The monoisotopic (exact) mass is 336 g/mol. The van der Waals surface area contributed by atoms with Gasteiger partial charge in [-0.1, -0.05) is 24.8 Å². The van der Waals surface area contributed by atoms with Gasteiger partial charge in [0, 0.05) is 13.1 Å². The fraction of sp³-hybridized carbons (Fsp3) is 0.533. The lowest BCUT2D eigenvalue weighted by molar-refractivity contribution is -0.131. The molecule has 0 spiro atoms. The van der Waals surface area contributed by atoms with E-state index < -0.39 is 0 Å². The maximum absolute atomic E-state index is 12.5. The number of H-pyrrole nitrogens is 1. The highest BCUT2D eigenvalue weighted by molar-refractivity contribution is 8.00. The summed E-state index contributed by atoms with van der Waals surface area (Å²) in [4.78, 5) is 20.0. The molecule has 0 aromatic carbocycles. The minimum absolute atomic E-state index is 0.152. The quantitative estimate of drug-likeness (QED) is 0.871. The number of hydrogen-bond acceptors (Lipinski definition) is 5.